The fourth-order valence-electron chi connectivity index (χ4n) is 4.05. The fourth-order valence-corrected chi connectivity index (χ4v) is 4.05. The normalized spacial score (nSPS) is 19.9. The van der Waals surface area contributed by atoms with E-state index < -0.39 is 18.2 Å². The summed E-state index contributed by atoms with van der Waals surface area (Å²) < 4.78 is 42.1. The van der Waals surface area contributed by atoms with E-state index in [1.807, 2.05) is 18.2 Å². The Bertz CT molecular complexity index is 1050. The van der Waals surface area contributed by atoms with Crippen molar-refractivity contribution in [2.45, 2.75) is 56.4 Å². The minimum Gasteiger partial charge on any atom is -0.475 e. The Morgan fingerprint density at radius 2 is 1.83 bits per heavy atom. The summed E-state index contributed by atoms with van der Waals surface area (Å²) in [6.45, 7) is 1.27. The average Bonchev–Trinajstić information content (AvgIpc) is 3.59. The van der Waals surface area contributed by atoms with Gasteiger partial charge < -0.3 is 19.3 Å². The zero-order valence-corrected chi connectivity index (χ0v) is 19.9. The first kappa shape index (κ1) is 27.2. The molecule has 9 nitrogen and oxygen atoms in total. The van der Waals surface area contributed by atoms with E-state index in [2.05, 4.69) is 29.2 Å². The van der Waals surface area contributed by atoms with Crippen molar-refractivity contribution in [3.8, 4) is 0 Å². The van der Waals surface area contributed by atoms with Crippen LogP contribution in [0.1, 0.15) is 53.4 Å². The van der Waals surface area contributed by atoms with E-state index in [9.17, 15) is 22.8 Å². The van der Waals surface area contributed by atoms with Crippen molar-refractivity contribution < 1.29 is 41.9 Å². The molecule has 12 heteroatoms. The Morgan fingerprint density at radius 1 is 1.19 bits per heavy atom. The number of nitrogens with zero attached hydrogens (tertiary/aromatic N) is 3. The number of hydrogen-bond donors (Lipinski definition) is 1. The van der Waals surface area contributed by atoms with Crippen molar-refractivity contribution in [3.63, 3.8) is 0 Å². The topological polar surface area (TPSA) is 113 Å². The van der Waals surface area contributed by atoms with Gasteiger partial charge in [-0.1, -0.05) is 35.5 Å². The van der Waals surface area contributed by atoms with Crippen LogP contribution in [0, 0.1) is 0 Å². The molecule has 0 spiro atoms. The maximum Gasteiger partial charge on any atom is 0.490 e. The molecule has 2 atom stereocenters. The summed E-state index contributed by atoms with van der Waals surface area (Å²) >= 11 is 0. The molecule has 2 heterocycles. The van der Waals surface area contributed by atoms with Gasteiger partial charge in [0.25, 0.3) is 5.91 Å². The van der Waals surface area contributed by atoms with Gasteiger partial charge in [0, 0.05) is 31.1 Å². The van der Waals surface area contributed by atoms with Crippen LogP contribution in [0.2, 0.25) is 0 Å². The van der Waals surface area contributed by atoms with Crippen molar-refractivity contribution in [3.05, 3.63) is 53.4 Å². The number of aliphatic carboxylic acids is 1. The molecule has 2 unspecified atom stereocenters. The number of piperidine rings is 1. The van der Waals surface area contributed by atoms with Gasteiger partial charge in [0.2, 0.25) is 0 Å². The highest BCUT2D eigenvalue weighted by atomic mass is 19.4. The van der Waals surface area contributed by atoms with Crippen molar-refractivity contribution >= 4 is 17.8 Å². The van der Waals surface area contributed by atoms with E-state index >= 15 is 0 Å². The lowest BCUT2D eigenvalue weighted by Gasteiger charge is -2.40. The number of ether oxygens (including phenoxy) is 1. The Labute approximate surface area is 205 Å². The molecular weight excluding hydrogens is 483 g/mol. The summed E-state index contributed by atoms with van der Waals surface area (Å²) in [4.78, 5) is 38.3. The zero-order valence-electron chi connectivity index (χ0n) is 19.9. The van der Waals surface area contributed by atoms with Gasteiger partial charge in [-0.25, -0.2) is 9.59 Å². The molecule has 1 aromatic carbocycles. The third-order valence-electron chi connectivity index (χ3n) is 6.18. The summed E-state index contributed by atoms with van der Waals surface area (Å²) in [7, 11) is 3.42. The Morgan fingerprint density at radius 3 is 2.39 bits per heavy atom. The van der Waals surface area contributed by atoms with Crippen molar-refractivity contribution in [2.24, 2.45) is 0 Å². The first-order valence-corrected chi connectivity index (χ1v) is 11.4. The minimum absolute atomic E-state index is 0.183. The maximum absolute atomic E-state index is 13.0. The second-order valence-electron chi connectivity index (χ2n) is 8.81. The third kappa shape index (κ3) is 7.06. The highest BCUT2D eigenvalue weighted by molar-refractivity contribution is 5.95. The van der Waals surface area contributed by atoms with Gasteiger partial charge in [-0.15, -0.1) is 0 Å². The van der Waals surface area contributed by atoms with Gasteiger partial charge in [-0.2, -0.15) is 13.2 Å². The fraction of sp³-hybridized carbons (Fsp3) is 0.500. The molecule has 1 saturated heterocycles. The smallest absolute Gasteiger partial charge is 0.475 e. The second-order valence-corrected chi connectivity index (χ2v) is 8.81. The van der Waals surface area contributed by atoms with Crippen molar-refractivity contribution in [1.29, 1.82) is 0 Å². The summed E-state index contributed by atoms with van der Waals surface area (Å²) in [5.41, 5.74) is 1.50. The van der Waals surface area contributed by atoms with Crippen LogP contribution in [-0.4, -0.2) is 76.9 Å². The maximum atomic E-state index is 13.0. The van der Waals surface area contributed by atoms with Gasteiger partial charge in [0.15, 0.2) is 5.69 Å². The number of carbonyl (C=O) groups excluding carboxylic acids is 2. The first-order valence-electron chi connectivity index (χ1n) is 11.4. The molecule has 1 saturated carbocycles. The number of amides is 1. The van der Waals surface area contributed by atoms with Gasteiger partial charge in [0.1, 0.15) is 11.8 Å². The van der Waals surface area contributed by atoms with Crippen molar-refractivity contribution in [2.75, 3.05) is 20.7 Å². The molecule has 196 valence electrons. The highest BCUT2D eigenvalue weighted by Gasteiger charge is 2.40. The summed E-state index contributed by atoms with van der Waals surface area (Å²) in [6, 6.07) is 11.5. The molecule has 2 aliphatic rings. The quantitative estimate of drug-likeness (QED) is 0.587. The standard InChI is InChI=1S/C22H27N3O4.C2HF3O2/c1-24(14-15-6-4-3-5-7-15)17-10-11-25(19(12-17)22(27)28-2)21(26)18-13-20(29-23-18)16-8-9-16;3-2(4,5)1(6)7/h3-7,13,16-17,19H,8-12,14H2,1-2H3;(H,6,7). The molecule has 1 amide bonds. The van der Waals surface area contributed by atoms with Crippen LogP contribution in [-0.2, 0) is 20.9 Å². The lowest BCUT2D eigenvalue weighted by atomic mass is 9.95. The van der Waals surface area contributed by atoms with E-state index in [-0.39, 0.29) is 23.6 Å². The number of rotatable bonds is 6. The highest BCUT2D eigenvalue weighted by Crippen LogP contribution is 2.40. The predicted octanol–water partition coefficient (Wildman–Crippen LogP) is 3.46. The molecule has 0 radical (unpaired) electrons. The molecule has 36 heavy (non-hydrogen) atoms. The Hall–Kier alpha value is -3.41. The number of halogens is 3. The monoisotopic (exact) mass is 511 g/mol. The van der Waals surface area contributed by atoms with E-state index in [1.54, 1.807) is 11.0 Å². The van der Waals surface area contributed by atoms with Gasteiger partial charge in [0.05, 0.1) is 7.11 Å². The van der Waals surface area contributed by atoms with Gasteiger partial charge in [-0.05, 0) is 38.3 Å². The number of carboxylic acid groups (broad SMARTS) is 1. The largest absolute Gasteiger partial charge is 0.490 e. The van der Waals surface area contributed by atoms with E-state index in [4.69, 9.17) is 19.2 Å². The van der Waals surface area contributed by atoms with E-state index in [0.29, 0.717) is 18.9 Å². The van der Waals surface area contributed by atoms with Gasteiger partial charge >= 0.3 is 18.1 Å². The second kappa shape index (κ2) is 11.5. The van der Waals surface area contributed by atoms with Crippen LogP contribution >= 0.6 is 0 Å². The number of likely N-dealkylation sites (tertiary alicyclic amines) is 1. The first-order chi connectivity index (χ1) is 17.0. The zero-order chi connectivity index (χ0) is 26.5. The van der Waals surface area contributed by atoms with Crippen molar-refractivity contribution in [1.82, 2.24) is 15.0 Å². The summed E-state index contributed by atoms with van der Waals surface area (Å²) in [5, 5.41) is 11.1. The number of esters is 1. The molecule has 2 fully saturated rings. The number of carbonyl (C=O) groups is 3. The Balaban J connectivity index is 0.000000454. The van der Waals surface area contributed by atoms with Crippen LogP contribution < -0.4 is 0 Å². The van der Waals surface area contributed by atoms with Crippen LogP contribution in [0.4, 0.5) is 13.2 Å². The number of methoxy groups -OCH3 is 1. The number of carboxylic acids is 1. The Kier molecular flexibility index (Phi) is 8.72. The molecule has 1 aliphatic carbocycles. The van der Waals surface area contributed by atoms with Crippen LogP contribution in [0.3, 0.4) is 0 Å². The van der Waals surface area contributed by atoms with E-state index in [1.165, 1.54) is 12.7 Å². The molecular formula is C24H28F3N3O6. The molecule has 4 rings (SSSR count). The molecule has 1 N–H and O–H groups in total. The van der Waals surface area contributed by atoms with Gasteiger partial charge in [-0.3, -0.25) is 9.69 Å². The predicted molar refractivity (Wildman–Crippen MR) is 120 cm³/mol. The van der Waals surface area contributed by atoms with Crippen LogP contribution in [0.15, 0.2) is 40.9 Å². The molecule has 1 aliphatic heterocycles. The van der Waals surface area contributed by atoms with Crippen LogP contribution in [0.5, 0.6) is 0 Å². The summed E-state index contributed by atoms with van der Waals surface area (Å²) in [6.07, 6.45) is -1.61. The lowest BCUT2D eigenvalue weighted by molar-refractivity contribution is -0.192. The SMILES string of the molecule is COC(=O)C1CC(N(C)Cc2ccccc2)CCN1C(=O)c1cc(C2CC2)on1.O=C(O)C(F)(F)F. The third-order valence-corrected chi connectivity index (χ3v) is 6.18. The molecule has 0 bridgehead atoms. The lowest BCUT2D eigenvalue weighted by Crippen LogP contribution is -2.54. The number of alkyl halides is 3. The molecule has 1 aromatic heterocycles. The number of benzene rings is 1. The molecule has 2 aromatic rings. The van der Waals surface area contributed by atoms with E-state index in [0.717, 1.165) is 31.6 Å². The van der Waals surface area contributed by atoms with Crippen LogP contribution in [0.25, 0.3) is 0 Å². The number of aromatic nitrogens is 1. The average molecular weight is 511 g/mol. The minimum atomic E-state index is -5.08. The number of hydrogen-bond acceptors (Lipinski definition) is 7. The summed E-state index contributed by atoms with van der Waals surface area (Å²) in [5.74, 6) is -2.26.